The Balaban J connectivity index is 1.43. The minimum Gasteiger partial charge on any atom is -0.497 e. The van der Waals surface area contributed by atoms with E-state index in [0.29, 0.717) is 11.6 Å². The van der Waals surface area contributed by atoms with Crippen molar-refractivity contribution >= 4 is 46.5 Å². The monoisotopic (exact) mass is 464 g/mol. The molecule has 0 fully saturated rings. The van der Waals surface area contributed by atoms with Gasteiger partial charge in [-0.05, 0) is 47.5 Å². The number of nitrogens with zero attached hydrogens (tertiary/aromatic N) is 3. The fourth-order valence-electron chi connectivity index (χ4n) is 3.15. The first-order valence-corrected chi connectivity index (χ1v) is 11.3. The number of halogens is 1. The van der Waals surface area contributed by atoms with E-state index < -0.39 is 0 Å². The number of ether oxygens (including phenoxy) is 1. The number of carbonyl (C=O) groups excluding carboxylic acids is 1. The molecule has 162 valence electrons. The number of hydrogen-bond acceptors (Lipinski definition) is 5. The van der Waals surface area contributed by atoms with Crippen LogP contribution >= 0.6 is 23.4 Å². The highest BCUT2D eigenvalue weighted by Gasteiger charge is 2.13. The van der Waals surface area contributed by atoms with Gasteiger partial charge in [0.1, 0.15) is 5.75 Å². The van der Waals surface area contributed by atoms with E-state index in [-0.39, 0.29) is 11.7 Å². The van der Waals surface area contributed by atoms with Crippen LogP contribution in [0.4, 0.5) is 0 Å². The Morgan fingerprint density at radius 3 is 2.78 bits per heavy atom. The summed E-state index contributed by atoms with van der Waals surface area (Å²) in [4.78, 5) is 17.0. The second kappa shape index (κ2) is 10.3. The third-order valence-electron chi connectivity index (χ3n) is 4.70. The van der Waals surface area contributed by atoms with Crippen molar-refractivity contribution in [2.75, 3.05) is 12.9 Å². The Hall–Kier alpha value is -3.29. The van der Waals surface area contributed by atoms with Crippen molar-refractivity contribution in [2.45, 2.75) is 11.7 Å². The first-order chi connectivity index (χ1) is 15.6. The van der Waals surface area contributed by atoms with E-state index >= 15 is 0 Å². The van der Waals surface area contributed by atoms with Gasteiger partial charge in [-0.1, -0.05) is 59.8 Å². The molecule has 0 saturated carbocycles. The summed E-state index contributed by atoms with van der Waals surface area (Å²) in [6.45, 7) is 0.635. The van der Waals surface area contributed by atoms with Crippen LogP contribution in [0.1, 0.15) is 11.1 Å². The van der Waals surface area contributed by atoms with Crippen molar-refractivity contribution in [3.05, 3.63) is 88.9 Å². The molecule has 0 unspecified atom stereocenters. The third-order valence-corrected chi connectivity index (χ3v) is 5.93. The lowest BCUT2D eigenvalue weighted by molar-refractivity contribution is -0.118. The quantitative estimate of drug-likeness (QED) is 0.226. The van der Waals surface area contributed by atoms with Gasteiger partial charge in [-0.3, -0.25) is 4.79 Å². The zero-order valence-corrected chi connectivity index (χ0v) is 18.9. The topological polar surface area (TPSA) is 68.5 Å². The number of fused-ring (bicyclic) bond motifs is 1. The van der Waals surface area contributed by atoms with Crippen LogP contribution < -0.4 is 10.2 Å². The van der Waals surface area contributed by atoms with Gasteiger partial charge in [0.15, 0.2) is 5.16 Å². The standard InChI is InChI=1S/C24H21ClN4O2S/c1-31-20-6-4-5-18(13-20)14-26-28-23(30)16-32-24-27-21-7-2-3-8-22(21)29(24)15-17-9-11-19(25)12-10-17/h2-14H,15-16H2,1H3,(H,28,30)/b26-14+. The molecule has 1 aromatic heterocycles. The lowest BCUT2D eigenvalue weighted by Crippen LogP contribution is -2.20. The average molecular weight is 465 g/mol. The molecule has 6 nitrogen and oxygen atoms in total. The summed E-state index contributed by atoms with van der Waals surface area (Å²) in [7, 11) is 1.61. The second-order valence-electron chi connectivity index (χ2n) is 6.95. The Morgan fingerprint density at radius 2 is 1.97 bits per heavy atom. The van der Waals surface area contributed by atoms with Crippen LogP contribution in [0.5, 0.6) is 5.75 Å². The van der Waals surface area contributed by atoms with Crippen molar-refractivity contribution in [3.63, 3.8) is 0 Å². The minimum absolute atomic E-state index is 0.194. The average Bonchev–Trinajstić information content (AvgIpc) is 3.16. The molecule has 3 aromatic carbocycles. The number of methoxy groups -OCH3 is 1. The van der Waals surface area contributed by atoms with E-state index in [1.54, 1.807) is 13.3 Å². The van der Waals surface area contributed by atoms with Crippen LogP contribution in [0.15, 0.2) is 83.1 Å². The van der Waals surface area contributed by atoms with E-state index in [0.717, 1.165) is 33.1 Å². The van der Waals surface area contributed by atoms with Crippen LogP contribution in [0.3, 0.4) is 0 Å². The van der Waals surface area contributed by atoms with Crippen LogP contribution in [-0.2, 0) is 11.3 Å². The maximum absolute atomic E-state index is 12.3. The van der Waals surface area contributed by atoms with Gasteiger partial charge in [0.2, 0.25) is 0 Å². The zero-order valence-electron chi connectivity index (χ0n) is 17.4. The van der Waals surface area contributed by atoms with Gasteiger partial charge in [0.05, 0.1) is 36.7 Å². The van der Waals surface area contributed by atoms with Gasteiger partial charge < -0.3 is 9.30 Å². The summed E-state index contributed by atoms with van der Waals surface area (Å²) >= 11 is 7.39. The number of aromatic nitrogens is 2. The van der Waals surface area contributed by atoms with Crippen molar-refractivity contribution in [1.29, 1.82) is 0 Å². The largest absolute Gasteiger partial charge is 0.497 e. The molecule has 0 aliphatic rings. The SMILES string of the molecule is COc1cccc(/C=N/NC(=O)CSc2nc3ccccc3n2Cc2ccc(Cl)cc2)c1. The summed E-state index contributed by atoms with van der Waals surface area (Å²) in [6, 6.07) is 23.1. The molecule has 1 heterocycles. The van der Waals surface area contributed by atoms with Crippen LogP contribution in [0.25, 0.3) is 11.0 Å². The van der Waals surface area contributed by atoms with Crippen molar-refractivity contribution in [2.24, 2.45) is 5.10 Å². The van der Waals surface area contributed by atoms with Gasteiger partial charge in [-0.25, -0.2) is 10.4 Å². The van der Waals surface area contributed by atoms with Gasteiger partial charge in [-0.15, -0.1) is 0 Å². The fraction of sp³-hybridized carbons (Fsp3) is 0.125. The van der Waals surface area contributed by atoms with Gasteiger partial charge in [0, 0.05) is 5.02 Å². The molecule has 32 heavy (non-hydrogen) atoms. The van der Waals surface area contributed by atoms with Crippen LogP contribution in [0.2, 0.25) is 5.02 Å². The molecule has 1 N–H and O–H groups in total. The molecule has 0 radical (unpaired) electrons. The molecule has 0 saturated heterocycles. The lowest BCUT2D eigenvalue weighted by Gasteiger charge is -2.09. The van der Waals surface area contributed by atoms with Crippen LogP contribution in [0, 0.1) is 0 Å². The summed E-state index contributed by atoms with van der Waals surface area (Å²) in [6.07, 6.45) is 1.58. The molecular formula is C24H21ClN4O2S. The van der Waals surface area contributed by atoms with Gasteiger partial charge in [-0.2, -0.15) is 5.10 Å². The first-order valence-electron chi connectivity index (χ1n) is 9.91. The predicted octanol–water partition coefficient (Wildman–Crippen LogP) is 4.99. The zero-order chi connectivity index (χ0) is 22.3. The summed E-state index contributed by atoms with van der Waals surface area (Å²) < 4.78 is 7.29. The maximum Gasteiger partial charge on any atom is 0.250 e. The number of hydrogen-bond donors (Lipinski definition) is 1. The molecule has 0 aliphatic heterocycles. The molecule has 0 aliphatic carbocycles. The molecule has 4 aromatic rings. The van der Waals surface area contributed by atoms with E-state index in [9.17, 15) is 4.79 Å². The Labute approximate surface area is 195 Å². The molecule has 4 rings (SSSR count). The Kier molecular flexibility index (Phi) is 7.09. The van der Waals surface area contributed by atoms with Crippen LogP contribution in [-0.4, -0.2) is 34.5 Å². The fourth-order valence-corrected chi connectivity index (χ4v) is 4.08. The number of para-hydroxylation sites is 2. The molecule has 0 bridgehead atoms. The van der Waals surface area contributed by atoms with Gasteiger partial charge in [0.25, 0.3) is 5.91 Å². The number of thioether (sulfide) groups is 1. The third kappa shape index (κ3) is 5.49. The predicted molar refractivity (Wildman–Crippen MR) is 130 cm³/mol. The van der Waals surface area contributed by atoms with E-state index in [2.05, 4.69) is 15.1 Å². The highest BCUT2D eigenvalue weighted by atomic mass is 35.5. The number of imidazole rings is 1. The van der Waals surface area contributed by atoms with Gasteiger partial charge >= 0.3 is 0 Å². The molecule has 0 atom stereocenters. The molecule has 1 amide bonds. The Bertz CT molecular complexity index is 1250. The molecular weight excluding hydrogens is 444 g/mol. The molecule has 0 spiro atoms. The molecule has 8 heteroatoms. The van der Waals surface area contributed by atoms with Crippen molar-refractivity contribution in [3.8, 4) is 5.75 Å². The number of amides is 1. The minimum atomic E-state index is -0.209. The van der Waals surface area contributed by atoms with E-state index in [1.165, 1.54) is 11.8 Å². The van der Waals surface area contributed by atoms with Crippen molar-refractivity contribution in [1.82, 2.24) is 15.0 Å². The van der Waals surface area contributed by atoms with E-state index in [4.69, 9.17) is 21.3 Å². The highest BCUT2D eigenvalue weighted by molar-refractivity contribution is 7.99. The lowest BCUT2D eigenvalue weighted by atomic mass is 10.2. The van der Waals surface area contributed by atoms with E-state index in [1.807, 2.05) is 72.8 Å². The number of benzene rings is 3. The first kappa shape index (κ1) is 21.9. The number of hydrazone groups is 1. The highest BCUT2D eigenvalue weighted by Crippen LogP contribution is 2.25. The second-order valence-corrected chi connectivity index (χ2v) is 8.33. The summed E-state index contributed by atoms with van der Waals surface area (Å²) in [5.74, 6) is 0.717. The Morgan fingerprint density at radius 1 is 1.16 bits per heavy atom. The summed E-state index contributed by atoms with van der Waals surface area (Å²) in [5.41, 5.74) is 6.41. The maximum atomic E-state index is 12.3. The van der Waals surface area contributed by atoms with Crippen molar-refractivity contribution < 1.29 is 9.53 Å². The number of rotatable bonds is 8. The smallest absolute Gasteiger partial charge is 0.250 e. The number of nitrogens with one attached hydrogen (secondary N) is 1. The normalized spacial score (nSPS) is 11.2. The number of carbonyl (C=O) groups is 1. The summed E-state index contributed by atoms with van der Waals surface area (Å²) in [5, 5.41) is 5.51.